The topological polar surface area (TPSA) is 60.7 Å². The van der Waals surface area contributed by atoms with E-state index in [-0.39, 0.29) is 6.42 Å². The van der Waals surface area contributed by atoms with Gasteiger partial charge in [0.05, 0.1) is 0 Å². The van der Waals surface area contributed by atoms with Crippen molar-refractivity contribution >= 4 is 9.24 Å². The van der Waals surface area contributed by atoms with Gasteiger partial charge in [-0.05, 0) is 12.6 Å². The Hall–Kier alpha value is 0.310. The van der Waals surface area contributed by atoms with Gasteiger partial charge in [0.1, 0.15) is 0 Å². The summed E-state index contributed by atoms with van der Waals surface area (Å²) in [5.41, 5.74) is 0. The van der Waals surface area contributed by atoms with Crippen LogP contribution in [-0.4, -0.2) is 27.5 Å². The first-order valence-electron chi connectivity index (χ1n) is 2.43. The molecular weight excluding hydrogens is 127 g/mol. The lowest BCUT2D eigenvalue weighted by molar-refractivity contribution is -0.314. The monoisotopic (exact) mass is 138 g/mol. The summed E-state index contributed by atoms with van der Waals surface area (Å²) in [7, 11) is 2.42. The van der Waals surface area contributed by atoms with Crippen LogP contribution in [-0.2, 0) is 0 Å². The van der Waals surface area contributed by atoms with Crippen LogP contribution in [0.3, 0.4) is 0 Å². The Morgan fingerprint density at radius 1 is 1.25 bits per heavy atom. The molecule has 4 heteroatoms. The summed E-state index contributed by atoms with van der Waals surface area (Å²) in [6.45, 7) is 0. The van der Waals surface area contributed by atoms with Crippen LogP contribution in [0.4, 0.5) is 0 Å². The van der Waals surface area contributed by atoms with Crippen LogP contribution in [0, 0.1) is 0 Å². The van der Waals surface area contributed by atoms with Crippen molar-refractivity contribution in [1.29, 1.82) is 0 Å². The molecule has 50 valence electrons. The Kier molecular flexibility index (Phi) is 3.49. The number of rotatable bonds is 3. The predicted octanol–water partition coefficient (Wildman–Crippen LogP) is -0.728. The predicted molar refractivity (Wildman–Crippen MR) is 33.2 cm³/mol. The van der Waals surface area contributed by atoms with Crippen LogP contribution in [0.2, 0.25) is 0 Å². The van der Waals surface area contributed by atoms with E-state index in [4.69, 9.17) is 15.3 Å². The highest BCUT2D eigenvalue weighted by Crippen LogP contribution is 2.04. The van der Waals surface area contributed by atoms with Crippen molar-refractivity contribution in [2.45, 2.75) is 18.8 Å². The highest BCUT2D eigenvalue weighted by Gasteiger charge is 2.15. The van der Waals surface area contributed by atoms with E-state index < -0.39 is 5.97 Å². The maximum Gasteiger partial charge on any atom is 0.275 e. The molecule has 0 aliphatic rings. The number of aliphatic hydroxyl groups is 3. The Morgan fingerprint density at radius 2 is 1.75 bits per heavy atom. The molecule has 0 aliphatic carbocycles. The standard InChI is InChI=1S/C4H11O3P/c5-4(6,7)2-1-3-8/h5-7H,1-3,8H2. The van der Waals surface area contributed by atoms with Crippen molar-refractivity contribution < 1.29 is 15.3 Å². The van der Waals surface area contributed by atoms with E-state index in [2.05, 4.69) is 9.24 Å². The third kappa shape index (κ3) is 6.31. The average Bonchev–Trinajstić information content (AvgIpc) is 1.59. The number of hydrogen-bond donors (Lipinski definition) is 3. The molecule has 0 fully saturated rings. The van der Waals surface area contributed by atoms with Gasteiger partial charge in [0.25, 0.3) is 5.97 Å². The minimum Gasteiger partial charge on any atom is -0.344 e. The minimum atomic E-state index is -2.46. The second kappa shape index (κ2) is 3.36. The third-order valence-electron chi connectivity index (χ3n) is 0.716. The van der Waals surface area contributed by atoms with Crippen LogP contribution in [0.25, 0.3) is 0 Å². The van der Waals surface area contributed by atoms with Gasteiger partial charge in [-0.25, -0.2) is 0 Å². The lowest BCUT2D eigenvalue weighted by Crippen LogP contribution is -2.26. The summed E-state index contributed by atoms with van der Waals surface area (Å²) in [6.07, 6.45) is 1.37. The molecule has 3 N–H and O–H groups in total. The molecular formula is C4H11O3P. The van der Waals surface area contributed by atoms with Gasteiger partial charge in [0, 0.05) is 6.42 Å². The van der Waals surface area contributed by atoms with E-state index in [1.54, 1.807) is 0 Å². The largest absolute Gasteiger partial charge is 0.344 e. The molecule has 0 aromatic rings. The third-order valence-corrected chi connectivity index (χ3v) is 1.12. The lowest BCUT2D eigenvalue weighted by Gasteiger charge is -2.11. The van der Waals surface area contributed by atoms with Crippen LogP contribution in [0.1, 0.15) is 12.8 Å². The summed E-state index contributed by atoms with van der Waals surface area (Å²) < 4.78 is 0. The minimum absolute atomic E-state index is 0.0104. The Bertz CT molecular complexity index is 58.8. The maximum atomic E-state index is 8.25. The van der Waals surface area contributed by atoms with Gasteiger partial charge in [0.15, 0.2) is 0 Å². The van der Waals surface area contributed by atoms with Gasteiger partial charge in [0.2, 0.25) is 0 Å². The molecule has 0 rings (SSSR count). The van der Waals surface area contributed by atoms with Gasteiger partial charge < -0.3 is 15.3 Å². The second-order valence-electron chi connectivity index (χ2n) is 1.67. The van der Waals surface area contributed by atoms with Gasteiger partial charge in [-0.2, -0.15) is 0 Å². The Balaban J connectivity index is 3.11. The van der Waals surface area contributed by atoms with Crippen molar-refractivity contribution in [2.75, 3.05) is 6.16 Å². The fourth-order valence-corrected chi connectivity index (χ4v) is 0.543. The molecule has 1 unspecified atom stereocenters. The molecule has 3 nitrogen and oxygen atoms in total. The molecule has 0 aromatic carbocycles. The zero-order valence-corrected chi connectivity index (χ0v) is 5.70. The molecule has 0 saturated heterocycles. The van der Waals surface area contributed by atoms with E-state index in [1.165, 1.54) is 0 Å². The van der Waals surface area contributed by atoms with E-state index in [1.807, 2.05) is 0 Å². The highest BCUT2D eigenvalue weighted by atomic mass is 31.0. The smallest absolute Gasteiger partial charge is 0.275 e. The van der Waals surface area contributed by atoms with Gasteiger partial charge >= 0.3 is 0 Å². The van der Waals surface area contributed by atoms with Crippen molar-refractivity contribution in [3.05, 3.63) is 0 Å². The van der Waals surface area contributed by atoms with Gasteiger partial charge in [-0.15, -0.1) is 9.24 Å². The summed E-state index contributed by atoms with van der Waals surface area (Å²) >= 11 is 0. The van der Waals surface area contributed by atoms with Crippen LogP contribution in [0.15, 0.2) is 0 Å². The van der Waals surface area contributed by atoms with E-state index in [0.29, 0.717) is 6.42 Å². The first-order valence-corrected chi connectivity index (χ1v) is 3.25. The molecule has 0 bridgehead atoms. The second-order valence-corrected chi connectivity index (χ2v) is 2.24. The Labute approximate surface area is 50.5 Å². The zero-order chi connectivity index (χ0) is 6.62. The van der Waals surface area contributed by atoms with Crippen LogP contribution >= 0.6 is 9.24 Å². The first-order chi connectivity index (χ1) is 3.56. The van der Waals surface area contributed by atoms with Crippen molar-refractivity contribution in [3.8, 4) is 0 Å². The Morgan fingerprint density at radius 3 is 1.88 bits per heavy atom. The summed E-state index contributed by atoms with van der Waals surface area (Å²) in [5, 5.41) is 24.8. The summed E-state index contributed by atoms with van der Waals surface area (Å²) in [5.74, 6) is -2.46. The summed E-state index contributed by atoms with van der Waals surface area (Å²) in [6, 6.07) is 0. The van der Waals surface area contributed by atoms with Gasteiger partial charge in [-0.1, -0.05) is 0 Å². The average molecular weight is 138 g/mol. The number of hydrogen-bond acceptors (Lipinski definition) is 3. The van der Waals surface area contributed by atoms with E-state index in [9.17, 15) is 0 Å². The normalized spacial score (nSPS) is 12.0. The fourth-order valence-electron chi connectivity index (χ4n) is 0.339. The quantitative estimate of drug-likeness (QED) is 0.356. The van der Waals surface area contributed by atoms with E-state index in [0.717, 1.165) is 6.16 Å². The molecule has 1 atom stereocenters. The highest BCUT2D eigenvalue weighted by molar-refractivity contribution is 7.16. The molecule has 0 aliphatic heterocycles. The van der Waals surface area contributed by atoms with E-state index >= 15 is 0 Å². The van der Waals surface area contributed by atoms with Gasteiger partial charge in [-0.3, -0.25) is 0 Å². The molecule has 0 saturated carbocycles. The SMILES string of the molecule is OC(O)(O)CCCP. The molecule has 8 heavy (non-hydrogen) atoms. The summed E-state index contributed by atoms with van der Waals surface area (Å²) in [4.78, 5) is 0. The molecule has 0 aromatic heterocycles. The van der Waals surface area contributed by atoms with Crippen molar-refractivity contribution in [1.82, 2.24) is 0 Å². The van der Waals surface area contributed by atoms with Crippen LogP contribution in [0.5, 0.6) is 0 Å². The molecule has 0 radical (unpaired) electrons. The molecule has 0 heterocycles. The fraction of sp³-hybridized carbons (Fsp3) is 1.00. The maximum absolute atomic E-state index is 8.25. The van der Waals surface area contributed by atoms with Crippen molar-refractivity contribution in [2.24, 2.45) is 0 Å². The lowest BCUT2D eigenvalue weighted by atomic mass is 10.3. The van der Waals surface area contributed by atoms with Crippen LogP contribution < -0.4 is 0 Å². The molecule has 0 amide bonds. The first kappa shape index (κ1) is 8.31. The molecule has 0 spiro atoms. The van der Waals surface area contributed by atoms with Crippen molar-refractivity contribution in [3.63, 3.8) is 0 Å². The zero-order valence-electron chi connectivity index (χ0n) is 4.54.